The molecule has 5 rings (SSSR count). The quantitative estimate of drug-likeness (QED) is 0.408. The number of aryl methyl sites for hydroxylation is 1. The first-order valence-corrected chi connectivity index (χ1v) is 13.0. The van der Waals surface area contributed by atoms with Crippen LogP contribution in [0.15, 0.2) is 34.0 Å². The molecule has 4 heterocycles. The summed E-state index contributed by atoms with van der Waals surface area (Å²) in [6.45, 7) is 2.27. The number of rotatable bonds is 4. The highest BCUT2D eigenvalue weighted by atomic mass is 19.4. The molecule has 0 amide bonds. The van der Waals surface area contributed by atoms with Crippen LogP contribution in [0.2, 0.25) is 0 Å². The van der Waals surface area contributed by atoms with Crippen molar-refractivity contribution < 1.29 is 26.7 Å². The molecular weight excluding hydrogens is 523 g/mol. The first-order chi connectivity index (χ1) is 18.3. The molecule has 3 aromatic rings. The van der Waals surface area contributed by atoms with Gasteiger partial charge < -0.3 is 9.30 Å². The molecule has 0 N–H and O–H groups in total. The molecule has 39 heavy (non-hydrogen) atoms. The molecule has 1 saturated carbocycles. The van der Waals surface area contributed by atoms with Crippen LogP contribution in [0.1, 0.15) is 84.5 Å². The second kappa shape index (κ2) is 10.1. The zero-order valence-corrected chi connectivity index (χ0v) is 21.6. The normalized spacial score (nSPS) is 22.3. The second-order valence-electron chi connectivity index (χ2n) is 10.6. The van der Waals surface area contributed by atoms with Crippen LogP contribution in [0.3, 0.4) is 0 Å². The average molecular weight is 553 g/mol. The van der Waals surface area contributed by atoms with Crippen molar-refractivity contribution in [1.29, 1.82) is 0 Å². The van der Waals surface area contributed by atoms with E-state index in [1.807, 2.05) is 6.07 Å². The number of ether oxygens (including phenoxy) is 1. The molecule has 0 spiro atoms. The van der Waals surface area contributed by atoms with E-state index in [1.165, 1.54) is 16.8 Å². The van der Waals surface area contributed by atoms with E-state index < -0.39 is 30.3 Å². The maximum Gasteiger partial charge on any atom is 0.406 e. The van der Waals surface area contributed by atoms with E-state index in [-0.39, 0.29) is 43.1 Å². The SMILES string of the molecule is Cc1nc2c(C3CCC(F)(F)CC3)cc([C@H]3CCO[C@@H](c4ccc(=O)n(CC(F)(F)F)c4)C3)nn2c(=O)c1C. The van der Waals surface area contributed by atoms with Crippen LogP contribution in [0.25, 0.3) is 5.65 Å². The highest BCUT2D eigenvalue weighted by molar-refractivity contribution is 5.51. The summed E-state index contributed by atoms with van der Waals surface area (Å²) in [4.78, 5) is 29.8. The highest BCUT2D eigenvalue weighted by Crippen LogP contribution is 2.43. The number of hydrogen-bond acceptors (Lipinski definition) is 5. The second-order valence-corrected chi connectivity index (χ2v) is 10.6. The molecule has 210 valence electrons. The van der Waals surface area contributed by atoms with Crippen molar-refractivity contribution in [2.75, 3.05) is 6.61 Å². The Labute approximate surface area is 220 Å². The summed E-state index contributed by atoms with van der Waals surface area (Å²) in [5.41, 5.74) is 1.99. The molecule has 1 aliphatic heterocycles. The summed E-state index contributed by atoms with van der Waals surface area (Å²) in [6.07, 6.45) is -3.04. The molecular formula is C27H29F5N4O3. The van der Waals surface area contributed by atoms with Crippen molar-refractivity contribution in [1.82, 2.24) is 19.2 Å². The number of fused-ring (bicyclic) bond motifs is 1. The van der Waals surface area contributed by atoms with Gasteiger partial charge in [0.1, 0.15) is 6.54 Å². The molecule has 2 aliphatic rings. The third-order valence-corrected chi connectivity index (χ3v) is 7.89. The Kier molecular flexibility index (Phi) is 7.11. The summed E-state index contributed by atoms with van der Waals surface area (Å²) in [7, 11) is 0. The Morgan fingerprint density at radius 2 is 1.79 bits per heavy atom. The van der Waals surface area contributed by atoms with E-state index in [1.54, 1.807) is 13.8 Å². The van der Waals surface area contributed by atoms with Crippen LogP contribution < -0.4 is 11.1 Å². The summed E-state index contributed by atoms with van der Waals surface area (Å²) >= 11 is 0. The van der Waals surface area contributed by atoms with Crippen molar-refractivity contribution in [2.45, 2.75) is 89.0 Å². The van der Waals surface area contributed by atoms with Gasteiger partial charge in [0.2, 0.25) is 5.92 Å². The number of pyridine rings is 1. The van der Waals surface area contributed by atoms with Crippen LogP contribution in [-0.2, 0) is 11.3 Å². The van der Waals surface area contributed by atoms with Gasteiger partial charge in [0, 0.05) is 54.5 Å². The molecule has 0 radical (unpaired) electrons. The van der Waals surface area contributed by atoms with E-state index >= 15 is 0 Å². The zero-order chi connectivity index (χ0) is 28.1. The first-order valence-electron chi connectivity index (χ1n) is 13.0. The standard InChI is InChI=1S/C27H29F5N4O3/c1-15-16(2)33-24-20(17-5-8-26(28,29)9-6-17)12-21(34-36(24)25(15)38)18-7-10-39-22(11-18)19-3-4-23(37)35(13-19)14-27(30,31)32/h3-4,12-13,17-18,22H,5-11,14H2,1-2H3/t18-,22+/m0/s1. The van der Waals surface area contributed by atoms with Gasteiger partial charge in [0.15, 0.2) is 5.65 Å². The zero-order valence-electron chi connectivity index (χ0n) is 21.6. The van der Waals surface area contributed by atoms with Gasteiger partial charge in [-0.15, -0.1) is 0 Å². The fraction of sp³-hybridized carbons (Fsp3) is 0.556. The van der Waals surface area contributed by atoms with Gasteiger partial charge in [0.05, 0.1) is 11.8 Å². The van der Waals surface area contributed by atoms with Crippen molar-refractivity contribution in [3.8, 4) is 0 Å². The molecule has 0 unspecified atom stereocenters. The molecule has 2 fully saturated rings. The maximum absolute atomic E-state index is 13.9. The lowest BCUT2D eigenvalue weighted by molar-refractivity contribution is -0.141. The predicted octanol–water partition coefficient (Wildman–Crippen LogP) is 5.36. The monoisotopic (exact) mass is 552 g/mol. The molecule has 2 atom stereocenters. The lowest BCUT2D eigenvalue weighted by Crippen LogP contribution is -2.29. The van der Waals surface area contributed by atoms with Crippen molar-refractivity contribution in [3.63, 3.8) is 0 Å². The first kappa shape index (κ1) is 27.4. The van der Waals surface area contributed by atoms with Gasteiger partial charge in [0.25, 0.3) is 11.1 Å². The van der Waals surface area contributed by atoms with Crippen LogP contribution >= 0.6 is 0 Å². The Balaban J connectivity index is 1.52. The van der Waals surface area contributed by atoms with Gasteiger partial charge in [-0.05, 0) is 63.1 Å². The third-order valence-electron chi connectivity index (χ3n) is 7.89. The summed E-state index contributed by atoms with van der Waals surface area (Å²) < 4.78 is 74.5. The van der Waals surface area contributed by atoms with E-state index in [0.29, 0.717) is 57.7 Å². The Bertz CT molecular complexity index is 1500. The number of halogens is 5. The highest BCUT2D eigenvalue weighted by Gasteiger charge is 2.37. The summed E-state index contributed by atoms with van der Waals surface area (Å²) in [5.74, 6) is -3.14. The van der Waals surface area contributed by atoms with Gasteiger partial charge >= 0.3 is 6.18 Å². The van der Waals surface area contributed by atoms with Crippen molar-refractivity contribution in [2.24, 2.45) is 0 Å². The maximum atomic E-state index is 13.9. The molecule has 0 aromatic carbocycles. The van der Waals surface area contributed by atoms with E-state index in [4.69, 9.17) is 4.74 Å². The minimum atomic E-state index is -4.55. The van der Waals surface area contributed by atoms with Crippen LogP contribution in [-0.4, -0.2) is 37.9 Å². The lowest BCUT2D eigenvalue weighted by Gasteiger charge is -2.32. The minimum absolute atomic E-state index is 0.211. The molecule has 0 bridgehead atoms. The predicted molar refractivity (Wildman–Crippen MR) is 132 cm³/mol. The lowest BCUT2D eigenvalue weighted by atomic mass is 9.81. The van der Waals surface area contributed by atoms with Crippen LogP contribution in [0.4, 0.5) is 22.0 Å². The summed E-state index contributed by atoms with van der Waals surface area (Å²) in [6, 6.07) is 4.40. The topological polar surface area (TPSA) is 78.5 Å². The largest absolute Gasteiger partial charge is 0.406 e. The van der Waals surface area contributed by atoms with Crippen molar-refractivity contribution in [3.05, 3.63) is 73.2 Å². The van der Waals surface area contributed by atoms with Gasteiger partial charge in [-0.3, -0.25) is 9.59 Å². The third kappa shape index (κ3) is 5.75. The molecule has 1 aliphatic carbocycles. The van der Waals surface area contributed by atoms with Gasteiger partial charge in [-0.1, -0.05) is 0 Å². The van der Waals surface area contributed by atoms with Crippen LogP contribution in [0.5, 0.6) is 0 Å². The van der Waals surface area contributed by atoms with Gasteiger partial charge in [-0.2, -0.15) is 22.8 Å². The number of alkyl halides is 5. The fourth-order valence-electron chi connectivity index (χ4n) is 5.55. The summed E-state index contributed by atoms with van der Waals surface area (Å²) in [5, 5.41) is 4.63. The smallest absolute Gasteiger partial charge is 0.373 e. The molecule has 7 nitrogen and oxygen atoms in total. The van der Waals surface area contributed by atoms with E-state index in [9.17, 15) is 31.5 Å². The molecule has 12 heteroatoms. The van der Waals surface area contributed by atoms with Crippen LogP contribution in [0, 0.1) is 13.8 Å². The average Bonchev–Trinajstić information content (AvgIpc) is 2.88. The number of aromatic nitrogens is 4. The van der Waals surface area contributed by atoms with E-state index in [2.05, 4.69) is 10.1 Å². The Morgan fingerprint density at radius 1 is 1.08 bits per heavy atom. The molecule has 1 saturated heterocycles. The Hall–Kier alpha value is -3.15. The molecule has 3 aromatic heterocycles. The van der Waals surface area contributed by atoms with Gasteiger partial charge in [-0.25, -0.2) is 13.8 Å². The van der Waals surface area contributed by atoms with Crippen molar-refractivity contribution >= 4 is 5.65 Å². The number of hydrogen-bond donors (Lipinski definition) is 0. The minimum Gasteiger partial charge on any atom is -0.373 e. The Morgan fingerprint density at radius 3 is 2.49 bits per heavy atom. The number of nitrogens with zero attached hydrogens (tertiary/aromatic N) is 4. The fourth-order valence-corrected chi connectivity index (χ4v) is 5.55. The van der Waals surface area contributed by atoms with E-state index in [0.717, 1.165) is 6.07 Å².